The van der Waals surface area contributed by atoms with Crippen LogP contribution >= 0.6 is 0 Å². The van der Waals surface area contributed by atoms with Gasteiger partial charge in [0.25, 0.3) is 0 Å². The number of hydrogen-bond donors (Lipinski definition) is 1. The molecule has 0 amide bonds. The lowest BCUT2D eigenvalue weighted by molar-refractivity contribution is 0.357. The Hall–Kier alpha value is -0.870. The highest BCUT2D eigenvalue weighted by Crippen LogP contribution is 2.23. The van der Waals surface area contributed by atoms with Crippen molar-refractivity contribution in [2.45, 2.75) is 37.0 Å². The van der Waals surface area contributed by atoms with Gasteiger partial charge in [-0.1, -0.05) is 37.5 Å². The van der Waals surface area contributed by atoms with E-state index >= 15 is 0 Å². The Balaban J connectivity index is 1.94. The molecule has 1 aromatic rings. The fourth-order valence-electron chi connectivity index (χ4n) is 2.30. The zero-order valence-corrected chi connectivity index (χ0v) is 10.7. The molecule has 0 aromatic heterocycles. The van der Waals surface area contributed by atoms with Crippen molar-refractivity contribution in [2.24, 2.45) is 5.92 Å². The summed E-state index contributed by atoms with van der Waals surface area (Å²) in [6.07, 6.45) is 6.06. The van der Waals surface area contributed by atoms with Crippen molar-refractivity contribution in [3.63, 3.8) is 0 Å². The predicted molar refractivity (Wildman–Crippen MR) is 68.2 cm³/mol. The van der Waals surface area contributed by atoms with Gasteiger partial charge in [0.1, 0.15) is 0 Å². The van der Waals surface area contributed by atoms with Crippen LogP contribution in [0.4, 0.5) is 0 Å². The minimum atomic E-state index is -3.31. The smallest absolute Gasteiger partial charge is 0.211 e. The third kappa shape index (κ3) is 3.54. The monoisotopic (exact) mass is 253 g/mol. The standard InChI is InChI=1S/C13H19NO2S/c15-17(16,13-9-5-2-6-10-13)14-11-12-7-3-1-4-8-12/h2,5-6,9-10,12,14H,1,3-4,7-8,11H2. The van der Waals surface area contributed by atoms with Crippen molar-refractivity contribution < 1.29 is 8.42 Å². The summed E-state index contributed by atoms with van der Waals surface area (Å²) in [6.45, 7) is 0.581. The summed E-state index contributed by atoms with van der Waals surface area (Å²) in [7, 11) is -3.31. The zero-order valence-electron chi connectivity index (χ0n) is 9.93. The van der Waals surface area contributed by atoms with Crippen LogP contribution in [-0.4, -0.2) is 15.0 Å². The largest absolute Gasteiger partial charge is 0.240 e. The molecule has 3 nitrogen and oxygen atoms in total. The first-order valence-electron chi connectivity index (χ1n) is 6.23. The first-order chi connectivity index (χ1) is 8.18. The lowest BCUT2D eigenvalue weighted by atomic mass is 9.90. The first-order valence-corrected chi connectivity index (χ1v) is 7.71. The average molecular weight is 253 g/mol. The van der Waals surface area contributed by atoms with Crippen LogP contribution in [0.2, 0.25) is 0 Å². The van der Waals surface area contributed by atoms with E-state index in [-0.39, 0.29) is 0 Å². The second kappa shape index (κ2) is 5.65. The molecular formula is C13H19NO2S. The van der Waals surface area contributed by atoms with Crippen LogP contribution < -0.4 is 4.72 Å². The molecule has 1 aromatic carbocycles. The molecule has 2 rings (SSSR count). The number of benzene rings is 1. The lowest BCUT2D eigenvalue weighted by Gasteiger charge is -2.21. The third-order valence-electron chi connectivity index (χ3n) is 3.34. The van der Waals surface area contributed by atoms with Crippen LogP contribution in [0.5, 0.6) is 0 Å². The fourth-order valence-corrected chi connectivity index (χ4v) is 3.44. The van der Waals surface area contributed by atoms with Crippen LogP contribution in [-0.2, 0) is 10.0 Å². The van der Waals surface area contributed by atoms with Gasteiger partial charge in [-0.25, -0.2) is 13.1 Å². The molecule has 17 heavy (non-hydrogen) atoms. The summed E-state index contributed by atoms with van der Waals surface area (Å²) in [5.41, 5.74) is 0. The summed E-state index contributed by atoms with van der Waals surface area (Å²) in [5, 5.41) is 0. The van der Waals surface area contributed by atoms with E-state index in [2.05, 4.69) is 4.72 Å². The van der Waals surface area contributed by atoms with Gasteiger partial charge >= 0.3 is 0 Å². The molecule has 0 aliphatic heterocycles. The van der Waals surface area contributed by atoms with Gasteiger partial charge in [-0.3, -0.25) is 0 Å². The SMILES string of the molecule is O=S(=O)(NCC1CCCCC1)c1ccccc1. The van der Waals surface area contributed by atoms with Gasteiger partial charge in [0.05, 0.1) is 4.90 Å². The van der Waals surface area contributed by atoms with Crippen molar-refractivity contribution in [1.82, 2.24) is 4.72 Å². The Morgan fingerprint density at radius 1 is 1.06 bits per heavy atom. The normalized spacial score (nSPS) is 18.1. The Kier molecular flexibility index (Phi) is 4.18. The van der Waals surface area contributed by atoms with Crippen LogP contribution in [0.15, 0.2) is 35.2 Å². The summed E-state index contributed by atoms with van der Waals surface area (Å²) in [4.78, 5) is 0.357. The number of hydrogen-bond acceptors (Lipinski definition) is 2. The summed E-state index contributed by atoms with van der Waals surface area (Å²) in [5.74, 6) is 0.516. The highest BCUT2D eigenvalue weighted by Gasteiger charge is 2.18. The number of rotatable bonds is 4. The second-order valence-electron chi connectivity index (χ2n) is 4.67. The van der Waals surface area contributed by atoms with E-state index in [0.717, 1.165) is 12.8 Å². The molecule has 1 N–H and O–H groups in total. The van der Waals surface area contributed by atoms with Gasteiger partial charge in [0.15, 0.2) is 0 Å². The quantitative estimate of drug-likeness (QED) is 0.896. The van der Waals surface area contributed by atoms with Crippen LogP contribution in [0.1, 0.15) is 32.1 Å². The van der Waals surface area contributed by atoms with Gasteiger partial charge in [-0.05, 0) is 30.9 Å². The van der Waals surface area contributed by atoms with Gasteiger partial charge in [0.2, 0.25) is 10.0 Å². The fraction of sp³-hybridized carbons (Fsp3) is 0.538. The Bertz CT molecular complexity index is 436. The predicted octanol–water partition coefficient (Wildman–Crippen LogP) is 2.55. The lowest BCUT2D eigenvalue weighted by Crippen LogP contribution is -2.30. The summed E-state index contributed by atoms with van der Waals surface area (Å²) in [6, 6.07) is 8.57. The highest BCUT2D eigenvalue weighted by atomic mass is 32.2. The van der Waals surface area contributed by atoms with E-state index < -0.39 is 10.0 Å². The van der Waals surface area contributed by atoms with Gasteiger partial charge in [-0.2, -0.15) is 0 Å². The van der Waals surface area contributed by atoms with Crippen LogP contribution in [0, 0.1) is 5.92 Å². The Labute approximate surface area is 103 Å². The molecule has 0 unspecified atom stereocenters. The molecule has 1 fully saturated rings. The zero-order chi connectivity index (χ0) is 12.1. The Morgan fingerprint density at radius 3 is 2.35 bits per heavy atom. The molecule has 94 valence electrons. The summed E-state index contributed by atoms with van der Waals surface area (Å²) < 4.78 is 26.6. The molecule has 0 bridgehead atoms. The third-order valence-corrected chi connectivity index (χ3v) is 4.78. The molecule has 4 heteroatoms. The van der Waals surface area contributed by atoms with E-state index in [9.17, 15) is 8.42 Å². The first kappa shape index (κ1) is 12.6. The molecule has 0 atom stereocenters. The van der Waals surface area contributed by atoms with Gasteiger partial charge in [-0.15, -0.1) is 0 Å². The molecule has 1 saturated carbocycles. The molecule has 0 radical (unpaired) electrons. The minimum absolute atomic E-state index is 0.357. The average Bonchev–Trinajstić information content (AvgIpc) is 2.39. The molecular weight excluding hydrogens is 234 g/mol. The minimum Gasteiger partial charge on any atom is -0.211 e. The van der Waals surface area contributed by atoms with E-state index in [0.29, 0.717) is 17.4 Å². The van der Waals surface area contributed by atoms with Crippen molar-refractivity contribution in [1.29, 1.82) is 0 Å². The van der Waals surface area contributed by atoms with Crippen LogP contribution in [0.3, 0.4) is 0 Å². The van der Waals surface area contributed by atoms with Gasteiger partial charge in [0, 0.05) is 6.54 Å². The number of nitrogens with one attached hydrogen (secondary N) is 1. The topological polar surface area (TPSA) is 46.2 Å². The van der Waals surface area contributed by atoms with Crippen molar-refractivity contribution >= 4 is 10.0 Å². The highest BCUT2D eigenvalue weighted by molar-refractivity contribution is 7.89. The molecule has 0 heterocycles. The van der Waals surface area contributed by atoms with E-state index in [1.807, 2.05) is 6.07 Å². The van der Waals surface area contributed by atoms with E-state index in [1.165, 1.54) is 19.3 Å². The molecule has 0 spiro atoms. The van der Waals surface area contributed by atoms with Crippen molar-refractivity contribution in [2.75, 3.05) is 6.54 Å². The summed E-state index contributed by atoms with van der Waals surface area (Å²) >= 11 is 0. The van der Waals surface area contributed by atoms with E-state index in [4.69, 9.17) is 0 Å². The van der Waals surface area contributed by atoms with Crippen LogP contribution in [0.25, 0.3) is 0 Å². The number of sulfonamides is 1. The van der Waals surface area contributed by atoms with Gasteiger partial charge < -0.3 is 0 Å². The maximum atomic E-state index is 12.0. The molecule has 1 aliphatic rings. The van der Waals surface area contributed by atoms with Crippen molar-refractivity contribution in [3.05, 3.63) is 30.3 Å². The van der Waals surface area contributed by atoms with Crippen molar-refractivity contribution in [3.8, 4) is 0 Å². The maximum Gasteiger partial charge on any atom is 0.240 e. The second-order valence-corrected chi connectivity index (χ2v) is 6.44. The molecule has 1 aliphatic carbocycles. The Morgan fingerprint density at radius 2 is 1.71 bits per heavy atom. The molecule has 0 saturated heterocycles. The van der Waals surface area contributed by atoms with E-state index in [1.54, 1.807) is 24.3 Å². The maximum absolute atomic E-state index is 12.0.